The van der Waals surface area contributed by atoms with Crippen molar-refractivity contribution < 1.29 is 22.7 Å². The Morgan fingerprint density at radius 3 is 2.76 bits per heavy atom. The van der Waals surface area contributed by atoms with Gasteiger partial charge in [-0.25, -0.2) is 22.9 Å². The maximum atomic E-state index is 16.8. The number of hydrogen-bond acceptors (Lipinski definition) is 10. The number of rotatable bonds is 5. The number of ether oxygens (including phenoxy) is 1. The lowest BCUT2D eigenvalue weighted by molar-refractivity contribution is 0.107. The molecule has 0 unspecified atom stereocenters. The number of anilines is 2. The van der Waals surface area contributed by atoms with Crippen molar-refractivity contribution >= 4 is 61.0 Å². The topological polar surface area (TPSA) is 129 Å². The molecule has 5 aromatic rings. The fourth-order valence-electron chi connectivity index (χ4n) is 7.45. The van der Waals surface area contributed by atoms with Gasteiger partial charge in [-0.2, -0.15) is 15.2 Å². The molecule has 16 heteroatoms. The van der Waals surface area contributed by atoms with Crippen LogP contribution in [0.1, 0.15) is 25.0 Å². The van der Waals surface area contributed by atoms with E-state index in [1.54, 1.807) is 29.3 Å². The number of nitrogens with two attached hydrogens (primary N) is 1. The number of piperazine rings is 1. The van der Waals surface area contributed by atoms with Gasteiger partial charge in [0.25, 0.3) is 0 Å². The van der Waals surface area contributed by atoms with Crippen molar-refractivity contribution in [1.29, 1.82) is 5.26 Å². The molecule has 11 nitrogen and oxygen atoms in total. The van der Waals surface area contributed by atoms with Gasteiger partial charge in [0, 0.05) is 61.9 Å². The second kappa shape index (κ2) is 12.0. The zero-order chi connectivity index (χ0) is 34.0. The molecule has 2 N–H and O–H groups in total. The summed E-state index contributed by atoms with van der Waals surface area (Å²) < 4.78 is 53.7. The van der Waals surface area contributed by atoms with Crippen molar-refractivity contribution in [3.8, 4) is 23.2 Å². The summed E-state index contributed by atoms with van der Waals surface area (Å²) in [5, 5.41) is 9.86. The van der Waals surface area contributed by atoms with E-state index >= 15 is 4.39 Å². The van der Waals surface area contributed by atoms with Crippen molar-refractivity contribution in [3.63, 3.8) is 0 Å². The molecule has 252 valence electrons. The normalized spacial score (nSPS) is 21.1. The maximum Gasteiger partial charge on any atom is 0.329 e. The lowest BCUT2D eigenvalue weighted by atomic mass is 9.95. The van der Waals surface area contributed by atoms with E-state index in [4.69, 9.17) is 27.1 Å². The zero-order valence-corrected chi connectivity index (χ0v) is 27.6. The van der Waals surface area contributed by atoms with Gasteiger partial charge in [0.05, 0.1) is 20.8 Å². The summed E-state index contributed by atoms with van der Waals surface area (Å²) in [5.74, 6) is -0.950. The number of nitriles is 1. The van der Waals surface area contributed by atoms with E-state index in [-0.39, 0.29) is 61.4 Å². The first-order chi connectivity index (χ1) is 23.7. The third-order valence-electron chi connectivity index (χ3n) is 9.77. The number of nitrogens with zero attached hydrogens (tertiary/aromatic N) is 8. The smallest absolute Gasteiger partial charge is 0.329 e. The van der Waals surface area contributed by atoms with Crippen molar-refractivity contribution in [2.45, 2.75) is 31.0 Å². The number of fused-ring (bicyclic) bond motifs is 3. The van der Waals surface area contributed by atoms with Crippen molar-refractivity contribution in [2.75, 3.05) is 56.5 Å². The largest absolute Gasteiger partial charge is 0.461 e. The first-order valence-corrected chi connectivity index (χ1v) is 17.0. The third kappa shape index (κ3) is 5.29. The number of aromatic nitrogens is 4. The summed E-state index contributed by atoms with van der Waals surface area (Å²) in [4.78, 5) is 32.4. The van der Waals surface area contributed by atoms with Crippen LogP contribution in [0.25, 0.3) is 32.2 Å². The van der Waals surface area contributed by atoms with Crippen molar-refractivity contribution in [1.82, 2.24) is 29.3 Å². The first kappa shape index (κ1) is 31.6. The molecular formula is C33H29ClF3N9O2S. The Labute approximate surface area is 287 Å². The Balaban J connectivity index is 1.19. The fraction of sp³-hybridized carbons (Fsp3) is 0.364. The fourth-order valence-corrected chi connectivity index (χ4v) is 8.51. The molecule has 3 fully saturated rings. The summed E-state index contributed by atoms with van der Waals surface area (Å²) >= 11 is 7.75. The number of halogens is 4. The van der Waals surface area contributed by atoms with Gasteiger partial charge < -0.3 is 20.3 Å². The Kier molecular flexibility index (Phi) is 7.77. The van der Waals surface area contributed by atoms with E-state index in [0.29, 0.717) is 50.3 Å². The van der Waals surface area contributed by atoms with Crippen LogP contribution in [0.5, 0.6) is 6.01 Å². The predicted octanol–water partition coefficient (Wildman–Crippen LogP) is 5.84. The molecule has 6 heterocycles. The molecule has 0 radical (unpaired) electrons. The highest BCUT2D eigenvalue weighted by Gasteiger charge is 2.49. The summed E-state index contributed by atoms with van der Waals surface area (Å²) in [6.45, 7) is 2.52. The highest BCUT2D eigenvalue weighted by Crippen LogP contribution is 2.44. The second-order valence-corrected chi connectivity index (χ2v) is 14.0. The average molecular weight is 708 g/mol. The van der Waals surface area contributed by atoms with Gasteiger partial charge in [-0.3, -0.25) is 9.47 Å². The second-order valence-electron chi connectivity index (χ2n) is 12.6. The number of carbonyl (C=O) groups is 1. The van der Waals surface area contributed by atoms with Crippen LogP contribution in [0.4, 0.5) is 28.9 Å². The maximum absolute atomic E-state index is 16.8. The molecule has 2 atom stereocenters. The van der Waals surface area contributed by atoms with Gasteiger partial charge in [-0.15, -0.1) is 0 Å². The van der Waals surface area contributed by atoms with Crippen LogP contribution in [0.15, 0.2) is 36.5 Å². The number of thiazole rings is 1. The summed E-state index contributed by atoms with van der Waals surface area (Å²) in [5.41, 5.74) is 5.99. The zero-order valence-electron chi connectivity index (χ0n) is 26.0. The molecule has 2 aromatic carbocycles. The average Bonchev–Trinajstić information content (AvgIpc) is 3.88. The predicted molar refractivity (Wildman–Crippen MR) is 180 cm³/mol. The van der Waals surface area contributed by atoms with E-state index < -0.39 is 23.3 Å². The van der Waals surface area contributed by atoms with Crippen LogP contribution in [0.2, 0.25) is 5.02 Å². The lowest BCUT2D eigenvalue weighted by Crippen LogP contribution is -2.50. The van der Waals surface area contributed by atoms with E-state index in [2.05, 4.69) is 14.9 Å². The Morgan fingerprint density at radius 1 is 1.14 bits per heavy atom. The Morgan fingerprint density at radius 2 is 1.96 bits per heavy atom. The molecule has 3 aromatic heterocycles. The number of nitrogen functional groups attached to an aromatic ring is 1. The van der Waals surface area contributed by atoms with Gasteiger partial charge in [0.1, 0.15) is 41.7 Å². The third-order valence-corrected chi connectivity index (χ3v) is 11.0. The van der Waals surface area contributed by atoms with E-state index in [1.807, 2.05) is 11.0 Å². The molecule has 0 bridgehead atoms. The SMILES string of the molecule is N#Cc1cccn1C(=O)N1CCN(c2nc(OC[C@@]34CCCN3C[C@H](F)C4)nc3c(F)c(-c4ccc(F)c5sc(N)nc45)c(Cl)cc23)CC1. The van der Waals surface area contributed by atoms with Crippen LogP contribution < -0.4 is 15.4 Å². The number of benzene rings is 2. The molecule has 0 aliphatic carbocycles. The van der Waals surface area contributed by atoms with Gasteiger partial charge in [-0.05, 0) is 49.7 Å². The minimum Gasteiger partial charge on any atom is -0.461 e. The van der Waals surface area contributed by atoms with E-state index in [9.17, 15) is 18.8 Å². The van der Waals surface area contributed by atoms with Crippen molar-refractivity contribution in [3.05, 3.63) is 58.9 Å². The van der Waals surface area contributed by atoms with Gasteiger partial charge in [0.15, 0.2) is 10.9 Å². The van der Waals surface area contributed by atoms with Crippen LogP contribution in [-0.4, -0.2) is 92.9 Å². The molecule has 0 spiro atoms. The van der Waals surface area contributed by atoms with Crippen LogP contribution in [-0.2, 0) is 0 Å². The van der Waals surface area contributed by atoms with Crippen LogP contribution in [0.3, 0.4) is 0 Å². The molecule has 3 aliphatic rings. The highest BCUT2D eigenvalue weighted by atomic mass is 35.5. The quantitative estimate of drug-likeness (QED) is 0.240. The van der Waals surface area contributed by atoms with Gasteiger partial charge in [0.2, 0.25) is 0 Å². The number of amides is 1. The molecule has 3 saturated heterocycles. The minimum atomic E-state index is -0.957. The molecule has 49 heavy (non-hydrogen) atoms. The molecular weight excluding hydrogens is 679 g/mol. The summed E-state index contributed by atoms with van der Waals surface area (Å²) in [6, 6.07) is 9.01. The lowest BCUT2D eigenvalue weighted by Gasteiger charge is -2.36. The highest BCUT2D eigenvalue weighted by molar-refractivity contribution is 7.22. The van der Waals surface area contributed by atoms with Crippen LogP contribution >= 0.6 is 22.9 Å². The van der Waals surface area contributed by atoms with Crippen LogP contribution in [0, 0.1) is 23.0 Å². The summed E-state index contributed by atoms with van der Waals surface area (Å²) in [7, 11) is 0. The standard InChI is InChI=1S/C33H29ClF3N9O2S/c34-22-13-21-26(25(37)24(22)20-4-5-23(36)28-27(20)40-30(39)49-28)41-31(48-17-33-6-2-7-45(33)16-18(35)14-33)42-29(21)43-9-11-44(12-10-43)32(47)46-8-1-3-19(46)15-38/h1,3-5,8,13,18H,2,6-7,9-12,14,16-17H2,(H2,39,40)/t18-,33+/m1/s1. The van der Waals surface area contributed by atoms with Gasteiger partial charge in [-0.1, -0.05) is 22.9 Å². The summed E-state index contributed by atoms with van der Waals surface area (Å²) in [6.07, 6.45) is 2.62. The molecule has 3 aliphatic heterocycles. The monoisotopic (exact) mass is 707 g/mol. The Bertz CT molecular complexity index is 2180. The molecule has 8 rings (SSSR count). The Hall–Kier alpha value is -4.65. The van der Waals surface area contributed by atoms with Gasteiger partial charge >= 0.3 is 12.0 Å². The minimum absolute atomic E-state index is 0.0212. The van der Waals surface area contributed by atoms with E-state index in [1.165, 1.54) is 16.7 Å². The number of alkyl halides is 1. The number of carbonyl (C=O) groups excluding carboxylic acids is 1. The molecule has 1 amide bonds. The van der Waals surface area contributed by atoms with Crippen molar-refractivity contribution in [2.24, 2.45) is 0 Å². The van der Waals surface area contributed by atoms with E-state index in [0.717, 1.165) is 30.7 Å². The molecule has 0 saturated carbocycles. The number of hydrogen-bond donors (Lipinski definition) is 1. The first-order valence-electron chi connectivity index (χ1n) is 15.8.